The van der Waals surface area contributed by atoms with Gasteiger partial charge in [0.05, 0.1) is 6.10 Å². The Morgan fingerprint density at radius 1 is 1.40 bits per heavy atom. The first-order valence-corrected chi connectivity index (χ1v) is 7.86. The van der Waals surface area contributed by atoms with E-state index in [9.17, 15) is 5.11 Å². The number of nitrogens with one attached hydrogen (secondary N) is 1. The zero-order chi connectivity index (χ0) is 13.9. The predicted molar refractivity (Wildman–Crippen MR) is 78.5 cm³/mol. The summed E-state index contributed by atoms with van der Waals surface area (Å²) in [6.45, 7) is 2.94. The van der Waals surface area contributed by atoms with Crippen LogP contribution in [0.15, 0.2) is 12.3 Å². The van der Waals surface area contributed by atoms with Crippen molar-refractivity contribution < 1.29 is 5.11 Å². The molecule has 2 N–H and O–H groups in total. The second-order valence-electron chi connectivity index (χ2n) is 6.19. The highest BCUT2D eigenvalue weighted by Crippen LogP contribution is 2.27. The molecule has 0 aromatic carbocycles. The lowest BCUT2D eigenvalue weighted by Crippen LogP contribution is -2.46. The van der Waals surface area contributed by atoms with E-state index >= 15 is 0 Å². The summed E-state index contributed by atoms with van der Waals surface area (Å²) in [5.74, 6) is 0. The molecule has 3 rings (SSSR count). The lowest BCUT2D eigenvalue weighted by atomic mass is 10.1. The molecule has 20 heavy (non-hydrogen) atoms. The molecule has 0 bridgehead atoms. The van der Waals surface area contributed by atoms with Crippen molar-refractivity contribution in [1.82, 2.24) is 20.0 Å². The van der Waals surface area contributed by atoms with E-state index in [1.165, 1.54) is 25.0 Å². The molecule has 1 aromatic heterocycles. The van der Waals surface area contributed by atoms with Crippen molar-refractivity contribution in [2.45, 2.75) is 50.3 Å². The van der Waals surface area contributed by atoms with E-state index in [2.05, 4.69) is 21.4 Å². The van der Waals surface area contributed by atoms with Crippen LogP contribution in [-0.4, -0.2) is 57.6 Å². The molecule has 0 spiro atoms. The molecule has 2 aliphatic rings. The third kappa shape index (κ3) is 3.05. The van der Waals surface area contributed by atoms with Gasteiger partial charge in [-0.2, -0.15) is 5.10 Å². The zero-order valence-electron chi connectivity index (χ0n) is 12.3. The summed E-state index contributed by atoms with van der Waals surface area (Å²) in [6.07, 6.45) is 7.57. The molecule has 112 valence electrons. The SMILES string of the molecule is Cn1nccc1CCN[C@@H]1CCC[C@@H]1N1CCC(O)C1. The van der Waals surface area contributed by atoms with Gasteiger partial charge in [-0.3, -0.25) is 9.58 Å². The van der Waals surface area contributed by atoms with Gasteiger partial charge in [0, 0.05) is 57.1 Å². The van der Waals surface area contributed by atoms with Gasteiger partial charge < -0.3 is 10.4 Å². The van der Waals surface area contributed by atoms with Gasteiger partial charge in [-0.25, -0.2) is 0 Å². The lowest BCUT2D eigenvalue weighted by Gasteiger charge is -2.30. The maximum Gasteiger partial charge on any atom is 0.0679 e. The molecule has 0 radical (unpaired) electrons. The molecule has 3 atom stereocenters. The van der Waals surface area contributed by atoms with Crippen LogP contribution in [0.25, 0.3) is 0 Å². The molecule has 1 unspecified atom stereocenters. The fraction of sp³-hybridized carbons (Fsp3) is 0.800. The molecule has 2 fully saturated rings. The summed E-state index contributed by atoms with van der Waals surface area (Å²) in [7, 11) is 2.00. The molecular weight excluding hydrogens is 252 g/mol. The lowest BCUT2D eigenvalue weighted by molar-refractivity contribution is 0.150. The van der Waals surface area contributed by atoms with Gasteiger partial charge in [0.15, 0.2) is 0 Å². The van der Waals surface area contributed by atoms with Crippen molar-refractivity contribution in [3.8, 4) is 0 Å². The monoisotopic (exact) mass is 278 g/mol. The molecule has 1 saturated heterocycles. The second kappa shape index (κ2) is 6.24. The number of rotatable bonds is 5. The Kier molecular flexibility index (Phi) is 4.38. The van der Waals surface area contributed by atoms with Crippen LogP contribution in [-0.2, 0) is 13.5 Å². The summed E-state index contributed by atoms with van der Waals surface area (Å²) >= 11 is 0. The van der Waals surface area contributed by atoms with Crippen LogP contribution in [0.2, 0.25) is 0 Å². The number of aryl methyl sites for hydroxylation is 1. The molecular formula is C15H26N4O. The highest BCUT2D eigenvalue weighted by atomic mass is 16.3. The first-order valence-electron chi connectivity index (χ1n) is 7.86. The van der Waals surface area contributed by atoms with Crippen molar-refractivity contribution in [2.75, 3.05) is 19.6 Å². The van der Waals surface area contributed by atoms with E-state index in [-0.39, 0.29) is 6.10 Å². The largest absolute Gasteiger partial charge is 0.392 e. The first kappa shape index (κ1) is 14.0. The Labute approximate surface area is 121 Å². The molecule has 1 aliphatic heterocycles. The Morgan fingerprint density at radius 2 is 2.30 bits per heavy atom. The topological polar surface area (TPSA) is 53.3 Å². The molecule has 5 heteroatoms. The Balaban J connectivity index is 1.48. The van der Waals surface area contributed by atoms with Crippen molar-refractivity contribution >= 4 is 0 Å². The Bertz CT molecular complexity index is 433. The van der Waals surface area contributed by atoms with Gasteiger partial charge in [0.1, 0.15) is 0 Å². The molecule has 1 saturated carbocycles. The van der Waals surface area contributed by atoms with Crippen LogP contribution < -0.4 is 5.32 Å². The fourth-order valence-electron chi connectivity index (χ4n) is 3.72. The standard InChI is InChI=1S/C15H26N4O/c1-18-12(6-9-17-18)5-8-16-14-3-2-4-15(14)19-10-7-13(20)11-19/h6,9,13-16,20H,2-5,7-8,10-11H2,1H3/t13?,14-,15+/m1/s1. The molecule has 0 amide bonds. The molecule has 1 aromatic rings. The number of hydrogen-bond acceptors (Lipinski definition) is 4. The third-order valence-electron chi connectivity index (χ3n) is 4.85. The molecule has 2 heterocycles. The minimum atomic E-state index is -0.106. The van der Waals surface area contributed by atoms with Crippen molar-refractivity contribution in [3.05, 3.63) is 18.0 Å². The molecule has 5 nitrogen and oxygen atoms in total. The van der Waals surface area contributed by atoms with Crippen LogP contribution >= 0.6 is 0 Å². The minimum Gasteiger partial charge on any atom is -0.392 e. The smallest absolute Gasteiger partial charge is 0.0679 e. The van der Waals surface area contributed by atoms with E-state index in [1.807, 2.05) is 17.9 Å². The molecule has 1 aliphatic carbocycles. The second-order valence-corrected chi connectivity index (χ2v) is 6.19. The van der Waals surface area contributed by atoms with E-state index in [4.69, 9.17) is 0 Å². The van der Waals surface area contributed by atoms with E-state index in [0.717, 1.165) is 32.5 Å². The third-order valence-corrected chi connectivity index (χ3v) is 4.85. The van der Waals surface area contributed by atoms with Gasteiger partial charge in [-0.1, -0.05) is 6.42 Å². The predicted octanol–water partition coefficient (Wildman–Crippen LogP) is 0.540. The van der Waals surface area contributed by atoms with E-state index < -0.39 is 0 Å². The number of aromatic nitrogens is 2. The van der Waals surface area contributed by atoms with Gasteiger partial charge in [-0.15, -0.1) is 0 Å². The average Bonchev–Trinajstić information content (AvgIpc) is 3.12. The zero-order valence-corrected chi connectivity index (χ0v) is 12.3. The number of aliphatic hydroxyl groups is 1. The van der Waals surface area contributed by atoms with E-state index in [0.29, 0.717) is 12.1 Å². The normalized spacial score (nSPS) is 31.2. The quantitative estimate of drug-likeness (QED) is 0.825. The number of β-amino-alcohol motifs (C(OH)–C–C–N with tert-alkyl or cyclic N) is 1. The van der Waals surface area contributed by atoms with Crippen LogP contribution in [0, 0.1) is 0 Å². The van der Waals surface area contributed by atoms with Gasteiger partial charge >= 0.3 is 0 Å². The Morgan fingerprint density at radius 3 is 3.00 bits per heavy atom. The number of aliphatic hydroxyl groups excluding tert-OH is 1. The highest BCUT2D eigenvalue weighted by Gasteiger charge is 2.35. The average molecular weight is 278 g/mol. The Hall–Kier alpha value is -0.910. The van der Waals surface area contributed by atoms with Crippen LogP contribution in [0.1, 0.15) is 31.4 Å². The highest BCUT2D eigenvalue weighted by molar-refractivity contribution is 5.01. The van der Waals surface area contributed by atoms with Crippen molar-refractivity contribution in [3.63, 3.8) is 0 Å². The summed E-state index contributed by atoms with van der Waals surface area (Å²) in [5.41, 5.74) is 1.28. The number of nitrogens with zero attached hydrogens (tertiary/aromatic N) is 3. The minimum absolute atomic E-state index is 0.106. The summed E-state index contributed by atoms with van der Waals surface area (Å²) in [4.78, 5) is 2.49. The first-order chi connectivity index (χ1) is 9.74. The fourth-order valence-corrected chi connectivity index (χ4v) is 3.72. The van der Waals surface area contributed by atoms with Gasteiger partial charge in [-0.05, 0) is 25.3 Å². The summed E-state index contributed by atoms with van der Waals surface area (Å²) in [5, 5.41) is 17.6. The van der Waals surface area contributed by atoms with Crippen LogP contribution in [0.4, 0.5) is 0 Å². The van der Waals surface area contributed by atoms with Crippen LogP contribution in [0.5, 0.6) is 0 Å². The maximum atomic E-state index is 9.71. The maximum absolute atomic E-state index is 9.71. The van der Waals surface area contributed by atoms with E-state index in [1.54, 1.807) is 0 Å². The van der Waals surface area contributed by atoms with Crippen molar-refractivity contribution in [2.24, 2.45) is 7.05 Å². The summed E-state index contributed by atoms with van der Waals surface area (Å²) in [6, 6.07) is 3.30. The summed E-state index contributed by atoms with van der Waals surface area (Å²) < 4.78 is 1.95. The van der Waals surface area contributed by atoms with Crippen molar-refractivity contribution in [1.29, 1.82) is 0 Å². The van der Waals surface area contributed by atoms with Gasteiger partial charge in [0.2, 0.25) is 0 Å². The van der Waals surface area contributed by atoms with Gasteiger partial charge in [0.25, 0.3) is 0 Å². The number of hydrogen-bond donors (Lipinski definition) is 2. The number of likely N-dealkylation sites (tertiary alicyclic amines) is 1. The van der Waals surface area contributed by atoms with Crippen LogP contribution in [0.3, 0.4) is 0 Å².